The molecule has 0 unspecified atom stereocenters. The molecule has 1 fully saturated rings. The molecule has 0 radical (unpaired) electrons. The van der Waals surface area contributed by atoms with Crippen molar-refractivity contribution >= 4 is 33.4 Å². The van der Waals surface area contributed by atoms with Gasteiger partial charge in [0.15, 0.2) is 0 Å². The van der Waals surface area contributed by atoms with Crippen molar-refractivity contribution in [2.24, 2.45) is 13.0 Å². The van der Waals surface area contributed by atoms with Gasteiger partial charge in [0.25, 0.3) is 5.91 Å². The predicted octanol–water partition coefficient (Wildman–Crippen LogP) is 5.11. The van der Waals surface area contributed by atoms with Crippen LogP contribution < -0.4 is 10.2 Å². The van der Waals surface area contributed by atoms with Crippen LogP contribution in [-0.4, -0.2) is 22.4 Å². The number of hydrogen-bond donors (Lipinski definition) is 1. The van der Waals surface area contributed by atoms with Crippen LogP contribution in [0.5, 0.6) is 0 Å². The highest BCUT2D eigenvalue weighted by atomic mass is 79.9. The minimum absolute atomic E-state index is 0.0732. The standard InChI is InChI=1S/C24H30BrN3O2/c1-13-6-8-17(9-7-13)26-23(29)22-20-15(3)27(5)16(4)21(20)24(30)28(22)18-10-11-19(25)14(2)12-18/h10-13,17,22H,6-9H2,1-5H3,(H,26,29)/t13?,17?,22-/m1/s1. The van der Waals surface area contributed by atoms with Gasteiger partial charge in [-0.05, 0) is 76.1 Å². The molecule has 5 nitrogen and oxygen atoms in total. The number of nitrogens with zero attached hydrogens (tertiary/aromatic N) is 2. The van der Waals surface area contributed by atoms with Gasteiger partial charge in [-0.1, -0.05) is 22.9 Å². The van der Waals surface area contributed by atoms with E-state index < -0.39 is 6.04 Å². The number of aromatic nitrogens is 1. The van der Waals surface area contributed by atoms with Crippen LogP contribution in [-0.2, 0) is 11.8 Å². The molecule has 0 bridgehead atoms. The summed E-state index contributed by atoms with van der Waals surface area (Å²) in [5.74, 6) is 0.556. The Bertz CT molecular complexity index is 1020. The summed E-state index contributed by atoms with van der Waals surface area (Å²) in [6, 6.07) is 5.38. The van der Waals surface area contributed by atoms with Crippen LogP contribution >= 0.6 is 15.9 Å². The third-order valence-electron chi connectivity index (χ3n) is 7.02. The van der Waals surface area contributed by atoms with Crippen molar-refractivity contribution in [3.8, 4) is 0 Å². The number of nitrogens with one attached hydrogen (secondary N) is 1. The molecule has 1 atom stereocenters. The minimum Gasteiger partial charge on any atom is -0.351 e. The van der Waals surface area contributed by atoms with Gasteiger partial charge in [-0.25, -0.2) is 0 Å². The molecular formula is C24H30BrN3O2. The van der Waals surface area contributed by atoms with E-state index in [9.17, 15) is 9.59 Å². The normalized spacial score (nSPS) is 23.6. The fraction of sp³-hybridized carbons (Fsp3) is 0.500. The highest BCUT2D eigenvalue weighted by Gasteiger charge is 2.46. The van der Waals surface area contributed by atoms with Crippen molar-refractivity contribution in [3.05, 3.63) is 50.8 Å². The summed E-state index contributed by atoms with van der Waals surface area (Å²) in [4.78, 5) is 28.8. The molecule has 4 rings (SSSR count). The van der Waals surface area contributed by atoms with Crippen molar-refractivity contribution in [1.82, 2.24) is 9.88 Å². The molecule has 1 aliphatic heterocycles. The van der Waals surface area contributed by atoms with Gasteiger partial charge in [-0.2, -0.15) is 0 Å². The van der Waals surface area contributed by atoms with E-state index in [1.165, 1.54) is 0 Å². The number of halogens is 1. The molecule has 0 spiro atoms. The first-order valence-corrected chi connectivity index (χ1v) is 11.6. The number of fused-ring (bicyclic) bond motifs is 1. The maximum atomic E-state index is 13.6. The van der Waals surface area contributed by atoms with Crippen molar-refractivity contribution in [1.29, 1.82) is 0 Å². The highest BCUT2D eigenvalue weighted by molar-refractivity contribution is 9.10. The summed E-state index contributed by atoms with van der Waals surface area (Å²) in [5.41, 5.74) is 5.20. The molecule has 2 heterocycles. The third-order valence-corrected chi connectivity index (χ3v) is 7.91. The largest absolute Gasteiger partial charge is 0.351 e. The van der Waals surface area contributed by atoms with Gasteiger partial charge in [0.2, 0.25) is 5.91 Å². The second-order valence-corrected chi connectivity index (χ2v) is 9.85. The quantitative estimate of drug-likeness (QED) is 0.675. The zero-order valence-electron chi connectivity index (χ0n) is 18.4. The summed E-state index contributed by atoms with van der Waals surface area (Å²) < 4.78 is 3.01. The lowest BCUT2D eigenvalue weighted by molar-refractivity contribution is -0.123. The summed E-state index contributed by atoms with van der Waals surface area (Å²) in [6.45, 7) is 8.22. The molecule has 2 aromatic rings. The van der Waals surface area contributed by atoms with Gasteiger partial charge in [0.1, 0.15) is 6.04 Å². The van der Waals surface area contributed by atoms with Crippen LogP contribution in [0, 0.1) is 26.7 Å². The van der Waals surface area contributed by atoms with E-state index in [0.717, 1.165) is 64.3 Å². The van der Waals surface area contributed by atoms with E-state index in [1.807, 2.05) is 50.6 Å². The van der Waals surface area contributed by atoms with E-state index in [2.05, 4.69) is 28.2 Å². The van der Waals surface area contributed by atoms with E-state index in [1.54, 1.807) is 4.90 Å². The number of amides is 2. The number of aryl methyl sites for hydroxylation is 1. The number of hydrogen-bond acceptors (Lipinski definition) is 2. The van der Waals surface area contributed by atoms with E-state index in [-0.39, 0.29) is 17.9 Å². The van der Waals surface area contributed by atoms with E-state index in [0.29, 0.717) is 5.56 Å². The number of anilines is 1. The lowest BCUT2D eigenvalue weighted by Gasteiger charge is -2.31. The fourth-order valence-corrected chi connectivity index (χ4v) is 5.17. The van der Waals surface area contributed by atoms with Gasteiger partial charge in [-0.3, -0.25) is 14.5 Å². The highest BCUT2D eigenvalue weighted by Crippen LogP contribution is 2.43. The molecule has 160 valence electrons. The third kappa shape index (κ3) is 3.39. The lowest BCUT2D eigenvalue weighted by Crippen LogP contribution is -2.45. The smallest absolute Gasteiger partial charge is 0.261 e. The Kier molecular flexibility index (Phi) is 5.56. The van der Waals surface area contributed by atoms with Crippen molar-refractivity contribution in [2.45, 2.75) is 65.5 Å². The first-order valence-electron chi connectivity index (χ1n) is 10.8. The number of rotatable bonds is 3. The zero-order valence-corrected chi connectivity index (χ0v) is 20.0. The molecular weight excluding hydrogens is 442 g/mol. The van der Waals surface area contributed by atoms with Gasteiger partial charge in [0.05, 0.1) is 5.56 Å². The van der Waals surface area contributed by atoms with Crippen LogP contribution in [0.25, 0.3) is 0 Å². The zero-order chi connectivity index (χ0) is 21.7. The minimum atomic E-state index is -0.632. The Morgan fingerprint density at radius 2 is 1.77 bits per heavy atom. The Morgan fingerprint density at radius 3 is 2.40 bits per heavy atom. The maximum absolute atomic E-state index is 13.6. The second-order valence-electron chi connectivity index (χ2n) is 9.00. The first kappa shape index (κ1) is 21.2. The van der Waals surface area contributed by atoms with Crippen molar-refractivity contribution < 1.29 is 9.59 Å². The van der Waals surface area contributed by atoms with Crippen molar-refractivity contribution in [2.75, 3.05) is 4.90 Å². The molecule has 6 heteroatoms. The predicted molar refractivity (Wildman–Crippen MR) is 123 cm³/mol. The van der Waals surface area contributed by atoms with Gasteiger partial charge in [-0.15, -0.1) is 0 Å². The average molecular weight is 472 g/mol. The van der Waals surface area contributed by atoms with E-state index in [4.69, 9.17) is 0 Å². The Labute approximate surface area is 187 Å². The molecule has 1 aliphatic carbocycles. The topological polar surface area (TPSA) is 54.3 Å². The van der Waals surface area contributed by atoms with Gasteiger partial charge >= 0.3 is 0 Å². The number of carbonyl (C=O) groups is 2. The number of benzene rings is 1. The summed E-state index contributed by atoms with van der Waals surface area (Å²) in [5, 5.41) is 3.27. The summed E-state index contributed by atoms with van der Waals surface area (Å²) in [6.07, 6.45) is 4.28. The molecule has 1 aromatic heterocycles. The molecule has 1 N–H and O–H groups in total. The molecule has 30 heavy (non-hydrogen) atoms. The second kappa shape index (κ2) is 7.88. The van der Waals surface area contributed by atoms with Crippen LogP contribution in [0.3, 0.4) is 0 Å². The van der Waals surface area contributed by atoms with Crippen molar-refractivity contribution in [3.63, 3.8) is 0 Å². The first-order chi connectivity index (χ1) is 14.2. The summed E-state index contributed by atoms with van der Waals surface area (Å²) in [7, 11) is 1.96. The van der Waals surface area contributed by atoms with Gasteiger partial charge < -0.3 is 9.88 Å². The van der Waals surface area contributed by atoms with Gasteiger partial charge in [0, 0.05) is 40.2 Å². The Balaban J connectivity index is 1.75. The molecule has 2 aliphatic rings. The molecule has 1 saturated carbocycles. The number of carbonyl (C=O) groups excluding carboxylic acids is 2. The van der Waals surface area contributed by atoms with Crippen LogP contribution in [0.4, 0.5) is 5.69 Å². The van der Waals surface area contributed by atoms with E-state index >= 15 is 0 Å². The molecule has 2 amide bonds. The Hall–Kier alpha value is -2.08. The monoisotopic (exact) mass is 471 g/mol. The SMILES string of the molecule is Cc1cc(N2C(=O)c3c(c(C)n(C)c3C)[C@@H]2C(=O)NC2CCC(C)CC2)ccc1Br. The Morgan fingerprint density at radius 1 is 1.10 bits per heavy atom. The van der Waals surface area contributed by atoms with Crippen LogP contribution in [0.15, 0.2) is 22.7 Å². The fourth-order valence-electron chi connectivity index (χ4n) is 4.93. The van der Waals surface area contributed by atoms with Crippen LogP contribution in [0.1, 0.15) is 71.5 Å². The molecule has 0 saturated heterocycles. The molecule has 1 aromatic carbocycles. The maximum Gasteiger partial charge on any atom is 0.261 e. The van der Waals surface area contributed by atoms with Crippen LogP contribution in [0.2, 0.25) is 0 Å². The average Bonchev–Trinajstić information content (AvgIpc) is 3.13. The lowest BCUT2D eigenvalue weighted by atomic mass is 9.87. The summed E-state index contributed by atoms with van der Waals surface area (Å²) >= 11 is 3.54.